The monoisotopic (exact) mass is 299 g/mol. The highest BCUT2D eigenvalue weighted by molar-refractivity contribution is 5.97. The van der Waals surface area contributed by atoms with Gasteiger partial charge >= 0.3 is 0 Å². The van der Waals surface area contributed by atoms with Crippen molar-refractivity contribution in [3.8, 4) is 0 Å². The van der Waals surface area contributed by atoms with Crippen LogP contribution >= 0.6 is 0 Å². The van der Waals surface area contributed by atoms with Gasteiger partial charge in [-0.2, -0.15) is 5.10 Å². The average molecular weight is 299 g/mol. The van der Waals surface area contributed by atoms with E-state index >= 15 is 0 Å². The Balaban J connectivity index is 1.62. The Bertz CT molecular complexity index is 614. The zero-order valence-corrected chi connectivity index (χ0v) is 12.7. The minimum Gasteiger partial charge on any atom is -0.324 e. The van der Waals surface area contributed by atoms with E-state index in [0.717, 1.165) is 37.1 Å². The molecule has 116 valence electrons. The fraction of sp³-hybridized carbons (Fsp3) is 0.438. The number of rotatable bonds is 4. The number of piperidine rings is 1. The zero-order valence-electron chi connectivity index (χ0n) is 12.7. The van der Waals surface area contributed by atoms with Crippen molar-refractivity contribution in [2.24, 2.45) is 0 Å². The van der Waals surface area contributed by atoms with Gasteiger partial charge < -0.3 is 10.6 Å². The van der Waals surface area contributed by atoms with Crippen LogP contribution in [-0.4, -0.2) is 32.8 Å². The van der Waals surface area contributed by atoms with E-state index in [1.54, 1.807) is 11.0 Å². The van der Waals surface area contributed by atoms with Crippen LogP contribution in [0.2, 0.25) is 0 Å². The number of nitrogens with one attached hydrogen (secondary N) is 2. The number of benzene rings is 1. The van der Waals surface area contributed by atoms with Crippen molar-refractivity contribution in [1.82, 2.24) is 20.1 Å². The first kappa shape index (κ1) is 14.7. The summed E-state index contributed by atoms with van der Waals surface area (Å²) in [5, 5.41) is 10.4. The van der Waals surface area contributed by atoms with Crippen LogP contribution in [0.25, 0.3) is 0 Å². The number of nitrogens with zero attached hydrogens (tertiary/aromatic N) is 3. The summed E-state index contributed by atoms with van der Waals surface area (Å²) in [7, 11) is 0. The predicted octanol–water partition coefficient (Wildman–Crippen LogP) is 1.80. The average Bonchev–Trinajstić information content (AvgIpc) is 3.03. The molecular weight excluding hydrogens is 278 g/mol. The fourth-order valence-corrected chi connectivity index (χ4v) is 2.71. The molecule has 0 spiro atoms. The van der Waals surface area contributed by atoms with Gasteiger partial charge in [0.25, 0.3) is 0 Å². The molecule has 1 fully saturated rings. The third kappa shape index (κ3) is 3.33. The lowest BCUT2D eigenvalue weighted by Gasteiger charge is -2.33. The number of anilines is 1. The van der Waals surface area contributed by atoms with Crippen LogP contribution in [0.5, 0.6) is 0 Å². The molecule has 6 heteroatoms. The van der Waals surface area contributed by atoms with Gasteiger partial charge in [-0.05, 0) is 50.4 Å². The zero-order chi connectivity index (χ0) is 15.4. The van der Waals surface area contributed by atoms with Crippen LogP contribution in [0.4, 0.5) is 5.69 Å². The Kier molecular flexibility index (Phi) is 4.20. The first-order valence-corrected chi connectivity index (χ1v) is 7.64. The van der Waals surface area contributed by atoms with E-state index in [1.165, 1.54) is 6.33 Å². The Morgan fingerprint density at radius 2 is 2.18 bits per heavy atom. The Labute approximate surface area is 129 Å². The molecule has 1 unspecified atom stereocenters. The highest BCUT2D eigenvalue weighted by Gasteiger charge is 2.34. The van der Waals surface area contributed by atoms with Crippen molar-refractivity contribution in [3.63, 3.8) is 0 Å². The van der Waals surface area contributed by atoms with E-state index in [9.17, 15) is 4.79 Å². The maximum atomic E-state index is 12.4. The Hall–Kier alpha value is -2.21. The largest absolute Gasteiger partial charge is 0.324 e. The summed E-state index contributed by atoms with van der Waals surface area (Å²) in [6.45, 7) is 3.55. The van der Waals surface area contributed by atoms with Gasteiger partial charge in [-0.3, -0.25) is 4.79 Å². The van der Waals surface area contributed by atoms with Gasteiger partial charge in [-0.25, -0.2) is 9.67 Å². The number of hydrogen-bond acceptors (Lipinski definition) is 4. The third-order valence-corrected chi connectivity index (χ3v) is 4.14. The van der Waals surface area contributed by atoms with E-state index in [1.807, 2.05) is 31.2 Å². The van der Waals surface area contributed by atoms with Crippen molar-refractivity contribution >= 4 is 11.6 Å². The van der Waals surface area contributed by atoms with Crippen LogP contribution in [0, 0.1) is 0 Å². The number of carbonyl (C=O) groups is 1. The van der Waals surface area contributed by atoms with Crippen LogP contribution in [0.15, 0.2) is 36.9 Å². The smallest absolute Gasteiger partial charge is 0.244 e. The summed E-state index contributed by atoms with van der Waals surface area (Å²) in [4.78, 5) is 16.4. The SMILES string of the molecule is CC1(C(=O)Nc2ccc(Cn3cncn3)cc2)CCCCN1. The van der Waals surface area contributed by atoms with Crippen LogP contribution in [0.3, 0.4) is 0 Å². The summed E-state index contributed by atoms with van der Waals surface area (Å²) in [5.74, 6) is 0.0382. The molecule has 1 saturated heterocycles. The molecule has 2 N–H and O–H groups in total. The summed E-state index contributed by atoms with van der Waals surface area (Å²) in [6.07, 6.45) is 6.31. The molecule has 2 heterocycles. The molecule has 2 aromatic rings. The minimum atomic E-state index is -0.461. The van der Waals surface area contributed by atoms with Crippen molar-refractivity contribution in [3.05, 3.63) is 42.5 Å². The second kappa shape index (κ2) is 6.27. The second-order valence-electron chi connectivity index (χ2n) is 5.96. The standard InChI is InChI=1S/C16H21N5O/c1-16(8-2-3-9-18-16)15(22)20-14-6-4-13(5-7-14)10-21-12-17-11-19-21/h4-7,11-12,18H,2-3,8-10H2,1H3,(H,20,22). The van der Waals surface area contributed by atoms with E-state index in [4.69, 9.17) is 0 Å². The summed E-state index contributed by atoms with van der Waals surface area (Å²) in [6, 6.07) is 7.84. The summed E-state index contributed by atoms with van der Waals surface area (Å²) >= 11 is 0. The highest BCUT2D eigenvalue weighted by Crippen LogP contribution is 2.21. The van der Waals surface area contributed by atoms with Gasteiger partial charge in [-0.1, -0.05) is 12.1 Å². The quantitative estimate of drug-likeness (QED) is 0.903. The number of aromatic nitrogens is 3. The highest BCUT2D eigenvalue weighted by atomic mass is 16.2. The molecule has 6 nitrogen and oxygen atoms in total. The lowest BCUT2D eigenvalue weighted by atomic mass is 9.90. The lowest BCUT2D eigenvalue weighted by molar-refractivity contribution is -0.122. The van der Waals surface area contributed by atoms with Gasteiger partial charge in [0.2, 0.25) is 5.91 Å². The van der Waals surface area contributed by atoms with E-state index in [-0.39, 0.29) is 5.91 Å². The van der Waals surface area contributed by atoms with Gasteiger partial charge in [0.15, 0.2) is 0 Å². The molecule has 3 rings (SSSR count). The van der Waals surface area contributed by atoms with Crippen molar-refractivity contribution in [2.75, 3.05) is 11.9 Å². The molecule has 1 aromatic heterocycles. The predicted molar refractivity (Wildman–Crippen MR) is 84.5 cm³/mol. The number of hydrogen-bond donors (Lipinski definition) is 2. The van der Waals surface area contributed by atoms with E-state index in [2.05, 4.69) is 20.7 Å². The molecule has 0 radical (unpaired) electrons. The molecule has 1 atom stereocenters. The van der Waals surface area contributed by atoms with Crippen molar-refractivity contribution in [1.29, 1.82) is 0 Å². The van der Waals surface area contributed by atoms with Gasteiger partial charge in [0, 0.05) is 5.69 Å². The Morgan fingerprint density at radius 3 is 2.82 bits per heavy atom. The van der Waals surface area contributed by atoms with Gasteiger partial charge in [0.05, 0.1) is 12.1 Å². The second-order valence-corrected chi connectivity index (χ2v) is 5.96. The number of carbonyl (C=O) groups excluding carboxylic acids is 1. The number of amides is 1. The molecule has 1 aliphatic heterocycles. The minimum absolute atomic E-state index is 0.0382. The maximum absolute atomic E-state index is 12.4. The molecule has 1 amide bonds. The first-order valence-electron chi connectivity index (χ1n) is 7.64. The molecule has 0 aliphatic carbocycles. The molecule has 22 heavy (non-hydrogen) atoms. The molecule has 0 bridgehead atoms. The fourth-order valence-electron chi connectivity index (χ4n) is 2.71. The maximum Gasteiger partial charge on any atom is 0.244 e. The van der Waals surface area contributed by atoms with Crippen molar-refractivity contribution < 1.29 is 4.79 Å². The lowest BCUT2D eigenvalue weighted by Crippen LogP contribution is -2.54. The van der Waals surface area contributed by atoms with Crippen LogP contribution < -0.4 is 10.6 Å². The van der Waals surface area contributed by atoms with Crippen molar-refractivity contribution in [2.45, 2.75) is 38.3 Å². The Morgan fingerprint density at radius 1 is 1.36 bits per heavy atom. The summed E-state index contributed by atoms with van der Waals surface area (Å²) in [5.41, 5.74) is 1.48. The van der Waals surface area contributed by atoms with Crippen LogP contribution in [-0.2, 0) is 11.3 Å². The third-order valence-electron chi connectivity index (χ3n) is 4.14. The molecule has 1 aromatic carbocycles. The van der Waals surface area contributed by atoms with Gasteiger partial charge in [-0.15, -0.1) is 0 Å². The normalized spacial score (nSPS) is 21.5. The topological polar surface area (TPSA) is 71.8 Å². The molecule has 0 saturated carbocycles. The first-order chi connectivity index (χ1) is 10.7. The van der Waals surface area contributed by atoms with Gasteiger partial charge in [0.1, 0.15) is 12.7 Å². The molecular formula is C16H21N5O. The van der Waals surface area contributed by atoms with E-state index in [0.29, 0.717) is 6.54 Å². The van der Waals surface area contributed by atoms with Crippen LogP contribution in [0.1, 0.15) is 31.7 Å². The molecule has 1 aliphatic rings. The van der Waals surface area contributed by atoms with E-state index < -0.39 is 5.54 Å². The summed E-state index contributed by atoms with van der Waals surface area (Å²) < 4.78 is 1.76.